The molecule has 3 heterocycles. The molecule has 3 aromatic rings. The molecule has 2 aromatic heterocycles. The van der Waals surface area contributed by atoms with Crippen molar-refractivity contribution in [1.29, 1.82) is 0 Å². The first kappa shape index (κ1) is 22.4. The SMILES string of the molecule is CNC(=O)[C@]1(C)CC[C@@H](Nc2ncc3c(Br)nn(-c4cc(O)c5c(c4)OCC(=O)N5C)c3n2)C1. The Hall–Kier alpha value is -3.41. The van der Waals surface area contributed by atoms with Gasteiger partial charge < -0.3 is 25.4 Å². The minimum atomic E-state index is -0.420. The van der Waals surface area contributed by atoms with Crippen molar-refractivity contribution in [3.05, 3.63) is 22.9 Å². The van der Waals surface area contributed by atoms with Crippen LogP contribution in [-0.2, 0) is 9.59 Å². The third kappa shape index (κ3) is 3.61. The van der Waals surface area contributed by atoms with Crippen LogP contribution in [0.3, 0.4) is 0 Å². The number of nitrogens with one attached hydrogen (secondary N) is 2. The highest BCUT2D eigenvalue weighted by molar-refractivity contribution is 9.10. The number of nitrogens with zero attached hydrogens (tertiary/aromatic N) is 5. The third-order valence-electron chi connectivity index (χ3n) is 6.57. The lowest BCUT2D eigenvalue weighted by atomic mass is 9.87. The van der Waals surface area contributed by atoms with Crippen molar-refractivity contribution in [1.82, 2.24) is 25.1 Å². The van der Waals surface area contributed by atoms with Gasteiger partial charge in [-0.05, 0) is 35.2 Å². The maximum absolute atomic E-state index is 12.2. The van der Waals surface area contributed by atoms with Gasteiger partial charge in [0.1, 0.15) is 21.8 Å². The summed E-state index contributed by atoms with van der Waals surface area (Å²) in [5.74, 6) is 0.497. The summed E-state index contributed by atoms with van der Waals surface area (Å²) in [4.78, 5) is 34.7. The topological polar surface area (TPSA) is 134 Å². The highest BCUT2D eigenvalue weighted by atomic mass is 79.9. The van der Waals surface area contributed by atoms with Crippen LogP contribution in [0.2, 0.25) is 0 Å². The molecule has 3 N–H and O–H groups in total. The lowest BCUT2D eigenvalue weighted by Crippen LogP contribution is -2.35. The summed E-state index contributed by atoms with van der Waals surface area (Å²) in [5.41, 5.74) is 0.938. The van der Waals surface area contributed by atoms with E-state index in [1.54, 1.807) is 31.0 Å². The number of aromatic hydroxyl groups is 1. The van der Waals surface area contributed by atoms with Gasteiger partial charge in [-0.15, -0.1) is 0 Å². The monoisotopic (exact) mass is 529 g/mol. The number of amides is 2. The number of hydrogen-bond acceptors (Lipinski definition) is 8. The first-order chi connectivity index (χ1) is 16.2. The number of likely N-dealkylation sites (N-methyl/N-ethyl adjacent to an activating group) is 1. The van der Waals surface area contributed by atoms with Crippen LogP contribution in [0.1, 0.15) is 26.2 Å². The van der Waals surface area contributed by atoms with E-state index in [4.69, 9.17) is 4.74 Å². The summed E-state index contributed by atoms with van der Waals surface area (Å²) in [6.45, 7) is 1.86. The number of phenols is 1. The predicted octanol–water partition coefficient (Wildman–Crippen LogP) is 2.36. The van der Waals surface area contributed by atoms with Crippen molar-refractivity contribution in [2.45, 2.75) is 32.2 Å². The minimum absolute atomic E-state index is 0.0389. The van der Waals surface area contributed by atoms with E-state index in [0.29, 0.717) is 45.1 Å². The summed E-state index contributed by atoms with van der Waals surface area (Å²) in [7, 11) is 3.25. The van der Waals surface area contributed by atoms with E-state index in [2.05, 4.69) is 41.6 Å². The fourth-order valence-electron chi connectivity index (χ4n) is 4.68. The van der Waals surface area contributed by atoms with Crippen LogP contribution in [0.15, 0.2) is 22.9 Å². The smallest absolute Gasteiger partial charge is 0.264 e. The minimum Gasteiger partial charge on any atom is -0.506 e. The van der Waals surface area contributed by atoms with Gasteiger partial charge in [-0.25, -0.2) is 9.67 Å². The molecule has 1 aliphatic heterocycles. The number of benzene rings is 1. The highest BCUT2D eigenvalue weighted by Crippen LogP contribution is 2.42. The lowest BCUT2D eigenvalue weighted by molar-refractivity contribution is -0.129. The number of fused-ring (bicyclic) bond motifs is 2. The molecule has 12 heteroatoms. The first-order valence-corrected chi connectivity index (χ1v) is 11.7. The molecule has 1 fully saturated rings. The Morgan fingerprint density at radius 2 is 2.18 bits per heavy atom. The average Bonchev–Trinajstić information content (AvgIpc) is 3.35. The lowest BCUT2D eigenvalue weighted by Gasteiger charge is -2.27. The molecule has 178 valence electrons. The number of carbonyl (C=O) groups excluding carboxylic acids is 2. The number of phenolic OH excluding ortho intramolecular Hbond substituents is 1. The quantitative estimate of drug-likeness (QED) is 0.468. The van der Waals surface area contributed by atoms with Gasteiger partial charge in [0, 0.05) is 43.9 Å². The third-order valence-corrected chi connectivity index (χ3v) is 7.16. The largest absolute Gasteiger partial charge is 0.506 e. The Kier molecular flexibility index (Phi) is 5.34. The van der Waals surface area contributed by atoms with E-state index >= 15 is 0 Å². The molecule has 2 atom stereocenters. The Labute approximate surface area is 203 Å². The van der Waals surface area contributed by atoms with Crippen LogP contribution >= 0.6 is 15.9 Å². The van der Waals surface area contributed by atoms with E-state index < -0.39 is 5.41 Å². The molecule has 0 saturated heterocycles. The second kappa shape index (κ2) is 8.12. The van der Waals surface area contributed by atoms with Crippen molar-refractivity contribution in [2.75, 3.05) is 30.9 Å². The van der Waals surface area contributed by atoms with Crippen LogP contribution in [0.25, 0.3) is 16.7 Å². The molecule has 11 nitrogen and oxygen atoms in total. The molecule has 1 saturated carbocycles. The Morgan fingerprint density at radius 1 is 1.38 bits per heavy atom. The molecule has 2 aliphatic rings. The maximum atomic E-state index is 12.2. The summed E-state index contributed by atoms with van der Waals surface area (Å²) in [6.07, 6.45) is 3.96. The normalized spacial score (nSPS) is 21.9. The average molecular weight is 530 g/mol. The molecule has 2 amide bonds. The number of ether oxygens (including phenoxy) is 1. The molecular weight excluding hydrogens is 506 g/mol. The number of hydrogen-bond donors (Lipinski definition) is 3. The van der Waals surface area contributed by atoms with Crippen molar-refractivity contribution < 1.29 is 19.4 Å². The van der Waals surface area contributed by atoms with Crippen LogP contribution in [0.4, 0.5) is 11.6 Å². The van der Waals surface area contributed by atoms with Gasteiger partial charge in [-0.2, -0.15) is 10.1 Å². The standard InChI is InChI=1S/C22H24BrN7O4/c1-22(20(33)24-2)5-4-11(8-22)26-21-25-9-13-18(23)28-30(19(13)27-21)12-6-14(31)17-15(7-12)34-10-16(32)29(17)3/h6-7,9,11,31H,4-5,8,10H2,1-3H3,(H,24,33)(H,25,26,27)/t11-,22-/m1/s1. The zero-order chi connectivity index (χ0) is 24.2. The van der Waals surface area contributed by atoms with Crippen molar-refractivity contribution in [3.8, 4) is 17.2 Å². The van der Waals surface area contributed by atoms with Gasteiger partial charge in [0.25, 0.3) is 5.91 Å². The Morgan fingerprint density at radius 3 is 2.94 bits per heavy atom. The summed E-state index contributed by atoms with van der Waals surface area (Å²) in [6, 6.07) is 3.28. The fraction of sp³-hybridized carbons (Fsp3) is 0.409. The van der Waals surface area contributed by atoms with E-state index in [1.165, 1.54) is 11.0 Å². The van der Waals surface area contributed by atoms with Crippen LogP contribution in [-0.4, -0.2) is 63.4 Å². The summed E-state index contributed by atoms with van der Waals surface area (Å²) in [5, 5.41) is 21.9. The molecule has 0 unspecified atom stereocenters. The fourth-order valence-corrected chi connectivity index (χ4v) is 5.12. The Balaban J connectivity index is 1.48. The van der Waals surface area contributed by atoms with Gasteiger partial charge in [0.2, 0.25) is 11.9 Å². The van der Waals surface area contributed by atoms with E-state index in [-0.39, 0.29) is 30.2 Å². The van der Waals surface area contributed by atoms with Crippen molar-refractivity contribution in [3.63, 3.8) is 0 Å². The zero-order valence-corrected chi connectivity index (χ0v) is 20.5. The number of rotatable bonds is 4. The summed E-state index contributed by atoms with van der Waals surface area (Å²) < 4.78 is 7.67. The Bertz CT molecular complexity index is 1330. The van der Waals surface area contributed by atoms with Gasteiger partial charge in [0.05, 0.1) is 11.1 Å². The molecule has 0 radical (unpaired) electrons. The second-order valence-corrected chi connectivity index (χ2v) is 9.66. The second-order valence-electron chi connectivity index (χ2n) is 8.91. The van der Waals surface area contributed by atoms with Crippen molar-refractivity contribution in [2.24, 2.45) is 5.41 Å². The first-order valence-electron chi connectivity index (χ1n) is 10.9. The van der Waals surface area contributed by atoms with Crippen LogP contribution in [0.5, 0.6) is 11.5 Å². The molecule has 0 spiro atoms. The zero-order valence-electron chi connectivity index (χ0n) is 18.9. The molecule has 34 heavy (non-hydrogen) atoms. The van der Waals surface area contributed by atoms with Gasteiger partial charge in [0.15, 0.2) is 12.3 Å². The molecule has 5 rings (SSSR count). The summed E-state index contributed by atoms with van der Waals surface area (Å²) >= 11 is 3.45. The number of anilines is 2. The molecular formula is C22H24BrN7O4. The number of aromatic nitrogens is 4. The maximum Gasteiger partial charge on any atom is 0.264 e. The van der Waals surface area contributed by atoms with Crippen LogP contribution in [0, 0.1) is 5.41 Å². The van der Waals surface area contributed by atoms with Gasteiger partial charge >= 0.3 is 0 Å². The van der Waals surface area contributed by atoms with Gasteiger partial charge in [-0.1, -0.05) is 6.92 Å². The van der Waals surface area contributed by atoms with Crippen LogP contribution < -0.4 is 20.3 Å². The number of halogens is 1. The highest BCUT2D eigenvalue weighted by Gasteiger charge is 2.41. The van der Waals surface area contributed by atoms with E-state index in [9.17, 15) is 14.7 Å². The van der Waals surface area contributed by atoms with E-state index in [1.807, 2.05) is 6.92 Å². The predicted molar refractivity (Wildman–Crippen MR) is 128 cm³/mol. The van der Waals surface area contributed by atoms with Gasteiger partial charge in [-0.3, -0.25) is 9.59 Å². The molecule has 1 aliphatic carbocycles. The van der Waals surface area contributed by atoms with Crippen molar-refractivity contribution >= 4 is 50.4 Å². The molecule has 1 aromatic carbocycles. The molecule has 0 bridgehead atoms. The van der Waals surface area contributed by atoms with E-state index in [0.717, 1.165) is 12.8 Å². The number of carbonyl (C=O) groups is 2.